The molecule has 21 heavy (non-hydrogen) atoms. The molecule has 1 aromatic carbocycles. The van der Waals surface area contributed by atoms with Crippen LogP contribution < -0.4 is 5.14 Å². The van der Waals surface area contributed by atoms with E-state index in [1.54, 1.807) is 14.2 Å². The highest BCUT2D eigenvalue weighted by Crippen LogP contribution is 2.31. The molecule has 1 aromatic rings. The monoisotopic (exact) mass is 354 g/mol. The number of carbonyl (C=O) groups excluding carboxylic acids is 1. The Hall–Kier alpha value is -0.860. The molecule has 0 aliphatic carbocycles. The number of ether oxygens (including phenoxy) is 1. The van der Waals surface area contributed by atoms with E-state index in [2.05, 4.69) is 0 Å². The molecule has 1 rings (SSSR count). The fourth-order valence-electron chi connectivity index (χ4n) is 1.69. The van der Waals surface area contributed by atoms with Gasteiger partial charge in [-0.1, -0.05) is 23.2 Å². The summed E-state index contributed by atoms with van der Waals surface area (Å²) in [5.74, 6) is -0.480. The Balaban J connectivity index is 3.15. The predicted molar refractivity (Wildman–Crippen MR) is 81.3 cm³/mol. The number of nitrogens with two attached hydrogens (primary N) is 1. The fourth-order valence-corrected chi connectivity index (χ4v) is 3.15. The van der Waals surface area contributed by atoms with E-state index in [1.165, 1.54) is 17.0 Å². The highest BCUT2D eigenvalue weighted by Gasteiger charge is 2.24. The Kier molecular flexibility index (Phi) is 6.42. The van der Waals surface area contributed by atoms with Gasteiger partial charge in [0.05, 0.1) is 15.6 Å². The summed E-state index contributed by atoms with van der Waals surface area (Å²) in [6.07, 6.45) is 0.628. The molecule has 0 radical (unpaired) electrons. The SMILES string of the molecule is COCCCN(C)C(=O)c1c(Cl)ccc(S(N)(=O)=O)c1Cl. The summed E-state index contributed by atoms with van der Waals surface area (Å²) in [5.41, 5.74) is -0.0789. The van der Waals surface area contributed by atoms with Crippen molar-refractivity contribution in [2.75, 3.05) is 27.3 Å². The molecule has 118 valence electrons. The molecule has 0 fully saturated rings. The van der Waals surface area contributed by atoms with Gasteiger partial charge in [0.15, 0.2) is 0 Å². The van der Waals surface area contributed by atoms with Crippen LogP contribution in [0.5, 0.6) is 0 Å². The lowest BCUT2D eigenvalue weighted by Crippen LogP contribution is -2.29. The lowest BCUT2D eigenvalue weighted by atomic mass is 10.2. The zero-order chi connectivity index (χ0) is 16.2. The molecule has 0 bridgehead atoms. The van der Waals surface area contributed by atoms with Gasteiger partial charge in [0.25, 0.3) is 5.91 Å². The van der Waals surface area contributed by atoms with Crippen LogP contribution in [0, 0.1) is 0 Å². The summed E-state index contributed by atoms with van der Waals surface area (Å²) in [6.45, 7) is 0.912. The molecule has 0 unspecified atom stereocenters. The number of amides is 1. The van der Waals surface area contributed by atoms with Crippen molar-refractivity contribution in [1.82, 2.24) is 4.90 Å². The van der Waals surface area contributed by atoms with Gasteiger partial charge in [-0.15, -0.1) is 0 Å². The highest BCUT2D eigenvalue weighted by molar-refractivity contribution is 7.89. The normalized spacial score (nSPS) is 11.5. The van der Waals surface area contributed by atoms with Crippen molar-refractivity contribution >= 4 is 39.1 Å². The molecule has 2 N–H and O–H groups in total. The number of primary sulfonamides is 1. The van der Waals surface area contributed by atoms with Gasteiger partial charge < -0.3 is 9.64 Å². The van der Waals surface area contributed by atoms with Gasteiger partial charge in [0.2, 0.25) is 10.0 Å². The van der Waals surface area contributed by atoms with Crippen LogP contribution >= 0.6 is 23.2 Å². The fraction of sp³-hybridized carbons (Fsp3) is 0.417. The molecule has 0 atom stereocenters. The van der Waals surface area contributed by atoms with E-state index in [9.17, 15) is 13.2 Å². The first kappa shape index (κ1) is 18.2. The minimum Gasteiger partial charge on any atom is -0.385 e. The Labute approximate surface area is 133 Å². The van der Waals surface area contributed by atoms with Crippen molar-refractivity contribution < 1.29 is 17.9 Å². The topological polar surface area (TPSA) is 89.7 Å². The lowest BCUT2D eigenvalue weighted by molar-refractivity contribution is 0.0779. The van der Waals surface area contributed by atoms with E-state index in [-0.39, 0.29) is 20.5 Å². The van der Waals surface area contributed by atoms with Gasteiger partial charge >= 0.3 is 0 Å². The molecule has 0 spiro atoms. The number of hydrogen-bond acceptors (Lipinski definition) is 4. The zero-order valence-corrected chi connectivity index (χ0v) is 13.9. The summed E-state index contributed by atoms with van der Waals surface area (Å²) in [6, 6.07) is 2.45. The second-order valence-corrected chi connectivity index (χ2v) is 6.67. The molecule has 0 aromatic heterocycles. The van der Waals surface area contributed by atoms with Gasteiger partial charge in [-0.25, -0.2) is 13.6 Å². The van der Waals surface area contributed by atoms with Crippen molar-refractivity contribution in [2.24, 2.45) is 5.14 Å². The van der Waals surface area contributed by atoms with Gasteiger partial charge in [0.1, 0.15) is 4.90 Å². The smallest absolute Gasteiger partial charge is 0.256 e. The second-order valence-electron chi connectivity index (χ2n) is 4.35. The van der Waals surface area contributed by atoms with Crippen molar-refractivity contribution in [2.45, 2.75) is 11.3 Å². The molecule has 0 saturated carbocycles. The van der Waals surface area contributed by atoms with Crippen LogP contribution in [0.1, 0.15) is 16.8 Å². The van der Waals surface area contributed by atoms with Crippen LogP contribution in [0.4, 0.5) is 0 Å². The van der Waals surface area contributed by atoms with Gasteiger partial charge in [0, 0.05) is 27.3 Å². The van der Waals surface area contributed by atoms with Gasteiger partial charge in [-0.2, -0.15) is 0 Å². The third kappa shape index (κ3) is 4.55. The molecular weight excluding hydrogens is 339 g/mol. The van der Waals surface area contributed by atoms with Crippen LogP contribution in [-0.2, 0) is 14.8 Å². The summed E-state index contributed by atoms with van der Waals surface area (Å²) < 4.78 is 27.8. The van der Waals surface area contributed by atoms with E-state index < -0.39 is 15.9 Å². The summed E-state index contributed by atoms with van der Waals surface area (Å²) in [4.78, 5) is 13.4. The van der Waals surface area contributed by atoms with Crippen LogP contribution in [0.3, 0.4) is 0 Å². The molecule has 0 heterocycles. The summed E-state index contributed by atoms with van der Waals surface area (Å²) >= 11 is 11.9. The molecule has 0 saturated heterocycles. The molecule has 0 aliphatic rings. The number of benzene rings is 1. The Morgan fingerprint density at radius 1 is 1.38 bits per heavy atom. The Bertz CT molecular complexity index is 634. The first-order valence-electron chi connectivity index (χ1n) is 5.95. The van der Waals surface area contributed by atoms with Crippen molar-refractivity contribution in [3.8, 4) is 0 Å². The highest BCUT2D eigenvalue weighted by atomic mass is 35.5. The number of halogens is 2. The van der Waals surface area contributed by atoms with Crippen molar-refractivity contribution in [3.63, 3.8) is 0 Å². The number of carbonyl (C=O) groups is 1. The second kappa shape index (κ2) is 7.42. The van der Waals surface area contributed by atoms with Crippen LogP contribution in [-0.4, -0.2) is 46.5 Å². The quantitative estimate of drug-likeness (QED) is 0.788. The maximum Gasteiger partial charge on any atom is 0.256 e. The third-order valence-electron chi connectivity index (χ3n) is 2.76. The first-order chi connectivity index (χ1) is 9.70. The van der Waals surface area contributed by atoms with Crippen LogP contribution in [0.25, 0.3) is 0 Å². The predicted octanol–water partition coefficient (Wildman–Crippen LogP) is 1.75. The molecule has 9 heteroatoms. The number of hydrogen-bond donors (Lipinski definition) is 1. The van der Waals surface area contributed by atoms with Gasteiger partial charge in [-0.3, -0.25) is 4.79 Å². The van der Waals surface area contributed by atoms with E-state index in [0.29, 0.717) is 19.6 Å². The average Bonchev–Trinajstić information content (AvgIpc) is 2.37. The number of rotatable bonds is 6. The van der Waals surface area contributed by atoms with Crippen LogP contribution in [0.15, 0.2) is 17.0 Å². The van der Waals surface area contributed by atoms with Crippen LogP contribution in [0.2, 0.25) is 10.0 Å². The maximum atomic E-state index is 12.3. The first-order valence-corrected chi connectivity index (χ1v) is 8.25. The number of nitrogens with zero attached hydrogens (tertiary/aromatic N) is 1. The lowest BCUT2D eigenvalue weighted by Gasteiger charge is -2.19. The number of sulfonamides is 1. The molecule has 6 nitrogen and oxygen atoms in total. The Morgan fingerprint density at radius 3 is 2.52 bits per heavy atom. The van der Waals surface area contributed by atoms with E-state index >= 15 is 0 Å². The maximum absolute atomic E-state index is 12.3. The molecule has 1 amide bonds. The minimum atomic E-state index is -4.03. The van der Waals surface area contributed by atoms with Crippen molar-refractivity contribution in [1.29, 1.82) is 0 Å². The molecule has 0 aliphatic heterocycles. The largest absolute Gasteiger partial charge is 0.385 e. The minimum absolute atomic E-state index is 0.0657. The van der Waals surface area contributed by atoms with Crippen molar-refractivity contribution in [3.05, 3.63) is 27.7 Å². The molecular formula is C12H16Cl2N2O4S. The zero-order valence-electron chi connectivity index (χ0n) is 11.6. The van der Waals surface area contributed by atoms with Gasteiger partial charge in [-0.05, 0) is 18.6 Å². The van der Waals surface area contributed by atoms with E-state index in [0.717, 1.165) is 0 Å². The Morgan fingerprint density at radius 2 is 2.00 bits per heavy atom. The average molecular weight is 355 g/mol. The number of methoxy groups -OCH3 is 1. The standard InChI is InChI=1S/C12H16Cl2N2O4S/c1-16(6-3-7-20-2)12(17)10-8(13)4-5-9(11(10)14)21(15,18)19/h4-5H,3,6-7H2,1-2H3,(H2,15,18,19). The summed E-state index contributed by atoms with van der Waals surface area (Å²) in [7, 11) is -0.910. The summed E-state index contributed by atoms with van der Waals surface area (Å²) in [5, 5.41) is 4.85. The third-order valence-corrected chi connectivity index (χ3v) is 4.54. The van der Waals surface area contributed by atoms with E-state index in [4.69, 9.17) is 33.1 Å². The van der Waals surface area contributed by atoms with E-state index in [1.807, 2.05) is 0 Å².